The van der Waals surface area contributed by atoms with Crippen LogP contribution >= 0.6 is 0 Å². The maximum atomic E-state index is 12.7. The first-order chi connectivity index (χ1) is 11.2. The second kappa shape index (κ2) is 7.35. The van der Waals surface area contributed by atoms with Crippen molar-refractivity contribution in [3.63, 3.8) is 0 Å². The summed E-state index contributed by atoms with van der Waals surface area (Å²) in [5.74, 6) is -1.19. The van der Waals surface area contributed by atoms with Crippen molar-refractivity contribution in [2.45, 2.75) is 31.1 Å². The Labute approximate surface area is 141 Å². The zero-order chi connectivity index (χ0) is 17.9. The van der Waals surface area contributed by atoms with Crippen molar-refractivity contribution in [3.8, 4) is 0 Å². The van der Waals surface area contributed by atoms with Crippen molar-refractivity contribution >= 4 is 21.9 Å². The molecule has 0 spiro atoms. The van der Waals surface area contributed by atoms with Crippen LogP contribution in [0.4, 0.5) is 0 Å². The number of piperidine rings is 1. The van der Waals surface area contributed by atoms with Gasteiger partial charge in [-0.3, -0.25) is 9.59 Å². The number of hydrogen-bond donors (Lipinski definition) is 2. The Kier molecular flexibility index (Phi) is 5.66. The van der Waals surface area contributed by atoms with Crippen molar-refractivity contribution < 1.29 is 23.1 Å². The van der Waals surface area contributed by atoms with E-state index in [0.29, 0.717) is 19.0 Å². The third kappa shape index (κ3) is 4.15. The molecular weight excluding hydrogens is 334 g/mol. The molecule has 1 fully saturated rings. The average Bonchev–Trinajstić information content (AvgIpc) is 2.89. The lowest BCUT2D eigenvalue weighted by molar-refractivity contribution is -0.136. The van der Waals surface area contributed by atoms with Gasteiger partial charge < -0.3 is 15.0 Å². The van der Waals surface area contributed by atoms with Crippen LogP contribution in [0.3, 0.4) is 0 Å². The summed E-state index contributed by atoms with van der Waals surface area (Å²) in [6, 6.07) is 1.34. The summed E-state index contributed by atoms with van der Waals surface area (Å²) in [5.41, 5.74) is 0.184. The molecule has 9 heteroatoms. The van der Waals surface area contributed by atoms with Crippen LogP contribution in [0.25, 0.3) is 0 Å². The average molecular weight is 357 g/mol. The number of hydrogen-bond acceptors (Lipinski definition) is 4. The second-order valence-electron chi connectivity index (χ2n) is 6.18. The van der Waals surface area contributed by atoms with E-state index in [0.717, 1.165) is 12.8 Å². The SMILES string of the molecule is CC1CCCN(S(=O)(=O)c2cc(C(=O)NCCC(=O)O)n(C)c2)C1. The lowest BCUT2D eigenvalue weighted by atomic mass is 10.0. The number of aliphatic carboxylic acids is 1. The van der Waals surface area contributed by atoms with Crippen LogP contribution in [0.2, 0.25) is 0 Å². The van der Waals surface area contributed by atoms with Gasteiger partial charge in [-0.05, 0) is 24.8 Å². The van der Waals surface area contributed by atoms with Crippen LogP contribution in [0.5, 0.6) is 0 Å². The quantitative estimate of drug-likeness (QED) is 0.777. The van der Waals surface area contributed by atoms with Gasteiger partial charge in [0.2, 0.25) is 10.0 Å². The molecule has 24 heavy (non-hydrogen) atoms. The Balaban J connectivity index is 2.15. The highest BCUT2D eigenvalue weighted by Gasteiger charge is 2.30. The largest absolute Gasteiger partial charge is 0.481 e. The second-order valence-corrected chi connectivity index (χ2v) is 8.12. The number of aromatic nitrogens is 1. The summed E-state index contributed by atoms with van der Waals surface area (Å²) >= 11 is 0. The first-order valence-electron chi connectivity index (χ1n) is 7.88. The summed E-state index contributed by atoms with van der Waals surface area (Å²) in [5, 5.41) is 11.1. The zero-order valence-electron chi connectivity index (χ0n) is 13.9. The van der Waals surface area contributed by atoms with Crippen LogP contribution in [0.15, 0.2) is 17.2 Å². The molecular formula is C15H23N3O5S. The molecule has 0 bridgehead atoms. The number of carboxylic acids is 1. The van der Waals surface area contributed by atoms with Gasteiger partial charge in [0.15, 0.2) is 0 Å². The fourth-order valence-corrected chi connectivity index (χ4v) is 4.46. The monoisotopic (exact) mass is 357 g/mol. The molecule has 1 unspecified atom stereocenters. The molecule has 1 atom stereocenters. The van der Waals surface area contributed by atoms with Crippen molar-refractivity contribution in [1.29, 1.82) is 0 Å². The van der Waals surface area contributed by atoms with Crippen molar-refractivity contribution in [1.82, 2.24) is 14.2 Å². The molecule has 1 amide bonds. The summed E-state index contributed by atoms with van der Waals surface area (Å²) in [7, 11) is -2.04. The van der Waals surface area contributed by atoms with Gasteiger partial charge in [0, 0.05) is 32.9 Å². The van der Waals surface area contributed by atoms with E-state index in [9.17, 15) is 18.0 Å². The molecule has 1 aromatic rings. The number of amides is 1. The van der Waals surface area contributed by atoms with Crippen LogP contribution in [-0.4, -0.2) is 53.9 Å². The van der Waals surface area contributed by atoms with E-state index < -0.39 is 21.9 Å². The molecule has 1 aromatic heterocycles. The number of sulfonamides is 1. The zero-order valence-corrected chi connectivity index (χ0v) is 14.7. The molecule has 0 aliphatic carbocycles. The van der Waals surface area contributed by atoms with E-state index >= 15 is 0 Å². The molecule has 1 saturated heterocycles. The molecule has 2 rings (SSSR count). The standard InChI is InChI=1S/C15H23N3O5S/c1-11-4-3-7-18(9-11)24(22,23)12-8-13(17(2)10-12)15(21)16-6-5-14(19)20/h8,10-11H,3-7,9H2,1-2H3,(H,16,21)(H,19,20). The third-order valence-electron chi connectivity index (χ3n) is 4.09. The molecule has 1 aliphatic rings. The molecule has 1 aliphatic heterocycles. The van der Waals surface area contributed by atoms with E-state index in [1.165, 1.54) is 21.1 Å². The highest BCUT2D eigenvalue weighted by atomic mass is 32.2. The smallest absolute Gasteiger partial charge is 0.305 e. The Hall–Kier alpha value is -1.87. The summed E-state index contributed by atoms with van der Waals surface area (Å²) in [4.78, 5) is 22.6. The maximum Gasteiger partial charge on any atom is 0.305 e. The van der Waals surface area contributed by atoms with E-state index in [1.807, 2.05) is 6.92 Å². The van der Waals surface area contributed by atoms with Crippen molar-refractivity contribution in [2.24, 2.45) is 13.0 Å². The minimum absolute atomic E-state index is 0.00886. The van der Waals surface area contributed by atoms with Gasteiger partial charge in [0.05, 0.1) is 6.42 Å². The predicted octanol–water partition coefficient (Wildman–Crippen LogP) is 0.650. The fourth-order valence-electron chi connectivity index (χ4n) is 2.79. The summed E-state index contributed by atoms with van der Waals surface area (Å²) < 4.78 is 28.4. The van der Waals surface area contributed by atoms with Crippen molar-refractivity contribution in [2.75, 3.05) is 19.6 Å². The molecule has 0 radical (unpaired) electrons. The van der Waals surface area contributed by atoms with E-state index in [2.05, 4.69) is 5.32 Å². The van der Waals surface area contributed by atoms with Gasteiger partial charge in [-0.25, -0.2) is 8.42 Å². The van der Waals surface area contributed by atoms with Gasteiger partial charge in [0.1, 0.15) is 10.6 Å². The Morgan fingerprint density at radius 3 is 2.75 bits per heavy atom. The van der Waals surface area contributed by atoms with Crippen LogP contribution in [0, 0.1) is 5.92 Å². The Bertz CT molecular complexity index is 725. The van der Waals surface area contributed by atoms with Crippen molar-refractivity contribution in [3.05, 3.63) is 18.0 Å². The van der Waals surface area contributed by atoms with Gasteiger partial charge >= 0.3 is 5.97 Å². The minimum Gasteiger partial charge on any atom is -0.481 e. The summed E-state index contributed by atoms with van der Waals surface area (Å²) in [6.07, 6.45) is 3.07. The molecule has 0 aromatic carbocycles. The lowest BCUT2D eigenvalue weighted by Crippen LogP contribution is -2.38. The molecule has 2 N–H and O–H groups in total. The van der Waals surface area contributed by atoms with Gasteiger partial charge in [-0.15, -0.1) is 0 Å². The number of aryl methyl sites for hydroxylation is 1. The number of rotatable bonds is 6. The Morgan fingerprint density at radius 1 is 1.42 bits per heavy atom. The van der Waals surface area contributed by atoms with Gasteiger partial charge in [-0.2, -0.15) is 4.31 Å². The number of carbonyl (C=O) groups is 2. The maximum absolute atomic E-state index is 12.7. The summed E-state index contributed by atoms with van der Waals surface area (Å²) in [6.45, 7) is 2.98. The first kappa shape index (κ1) is 18.5. The topological polar surface area (TPSA) is 109 Å². The van der Waals surface area contributed by atoms with Gasteiger partial charge in [0.25, 0.3) is 5.91 Å². The molecule has 8 nitrogen and oxygen atoms in total. The predicted molar refractivity (Wildman–Crippen MR) is 87.2 cm³/mol. The number of carboxylic acid groups (broad SMARTS) is 1. The molecule has 2 heterocycles. The third-order valence-corrected chi connectivity index (χ3v) is 5.92. The van der Waals surface area contributed by atoms with Crippen LogP contribution in [-0.2, 0) is 21.9 Å². The van der Waals surface area contributed by atoms with E-state index in [-0.39, 0.29) is 23.6 Å². The first-order valence-corrected chi connectivity index (χ1v) is 9.32. The minimum atomic E-state index is -3.63. The van der Waals surface area contributed by atoms with E-state index in [4.69, 9.17) is 5.11 Å². The lowest BCUT2D eigenvalue weighted by Gasteiger charge is -2.29. The van der Waals surface area contributed by atoms with Crippen LogP contribution in [0.1, 0.15) is 36.7 Å². The molecule has 0 saturated carbocycles. The highest BCUT2D eigenvalue weighted by Crippen LogP contribution is 2.24. The van der Waals surface area contributed by atoms with Gasteiger partial charge in [-0.1, -0.05) is 6.92 Å². The number of nitrogens with one attached hydrogen (secondary N) is 1. The fraction of sp³-hybridized carbons (Fsp3) is 0.600. The van der Waals surface area contributed by atoms with Crippen LogP contribution < -0.4 is 5.32 Å². The van der Waals surface area contributed by atoms with E-state index in [1.54, 1.807) is 7.05 Å². The normalized spacial score (nSPS) is 19.2. The number of carbonyl (C=O) groups excluding carboxylic acids is 1. The Morgan fingerprint density at radius 2 is 2.12 bits per heavy atom. The highest BCUT2D eigenvalue weighted by molar-refractivity contribution is 7.89. The molecule has 134 valence electrons. The number of nitrogens with zero attached hydrogens (tertiary/aromatic N) is 2.